The molecule has 3 aliphatic rings. The summed E-state index contributed by atoms with van der Waals surface area (Å²) in [5.41, 5.74) is 2.57. The van der Waals surface area contributed by atoms with Gasteiger partial charge in [-0.2, -0.15) is 0 Å². The number of likely N-dealkylation sites (tertiary alicyclic amines) is 2. The molecule has 26 heavy (non-hydrogen) atoms. The van der Waals surface area contributed by atoms with Crippen LogP contribution < -0.4 is 5.32 Å². The number of carbonyl (C=O) groups excluding carboxylic acids is 1. The lowest BCUT2D eigenvalue weighted by molar-refractivity contribution is 0.0422. The highest BCUT2D eigenvalue weighted by molar-refractivity contribution is 5.74. The first-order valence-electron chi connectivity index (χ1n) is 10.3. The number of benzene rings is 1. The van der Waals surface area contributed by atoms with Crippen LogP contribution in [0.3, 0.4) is 0 Å². The lowest BCUT2D eigenvalue weighted by atomic mass is 9.97. The number of rotatable bonds is 3. The quantitative estimate of drug-likeness (QED) is 0.905. The lowest BCUT2D eigenvalue weighted by Gasteiger charge is -2.40. The van der Waals surface area contributed by atoms with Crippen molar-refractivity contribution in [1.82, 2.24) is 15.1 Å². The van der Waals surface area contributed by atoms with Crippen molar-refractivity contribution in [3.63, 3.8) is 0 Å². The monoisotopic (exact) mass is 357 g/mol. The highest BCUT2D eigenvalue weighted by atomic mass is 16.5. The fraction of sp³-hybridized carbons (Fsp3) is 0.667. The largest absolute Gasteiger partial charge is 0.371 e. The maximum Gasteiger partial charge on any atom is 0.317 e. The molecule has 4 rings (SSSR count). The molecular formula is C21H31N3O2. The molecule has 2 fully saturated rings. The molecule has 2 saturated heterocycles. The second-order valence-electron chi connectivity index (χ2n) is 7.81. The van der Waals surface area contributed by atoms with E-state index < -0.39 is 0 Å². The van der Waals surface area contributed by atoms with Gasteiger partial charge in [-0.05, 0) is 56.3 Å². The van der Waals surface area contributed by atoms with Crippen LogP contribution in [-0.2, 0) is 11.2 Å². The third-order valence-electron chi connectivity index (χ3n) is 6.19. The number of amides is 2. The Morgan fingerprint density at radius 1 is 1.08 bits per heavy atom. The summed E-state index contributed by atoms with van der Waals surface area (Å²) in [6.07, 6.45) is 7.21. The third-order valence-corrected chi connectivity index (χ3v) is 6.19. The van der Waals surface area contributed by atoms with E-state index in [-0.39, 0.29) is 12.1 Å². The zero-order valence-corrected chi connectivity index (χ0v) is 15.7. The zero-order chi connectivity index (χ0) is 17.8. The van der Waals surface area contributed by atoms with Gasteiger partial charge in [-0.15, -0.1) is 0 Å². The van der Waals surface area contributed by atoms with Gasteiger partial charge >= 0.3 is 6.03 Å². The average molecular weight is 357 g/mol. The predicted octanol–water partition coefficient (Wildman–Crippen LogP) is 2.96. The fourth-order valence-electron chi connectivity index (χ4n) is 4.66. The van der Waals surface area contributed by atoms with E-state index in [1.807, 2.05) is 11.0 Å². The molecule has 2 amide bonds. The van der Waals surface area contributed by atoms with Crippen LogP contribution >= 0.6 is 0 Å². The average Bonchev–Trinajstić information content (AvgIpc) is 2.73. The van der Waals surface area contributed by atoms with Gasteiger partial charge in [-0.3, -0.25) is 0 Å². The third kappa shape index (κ3) is 4.04. The summed E-state index contributed by atoms with van der Waals surface area (Å²) in [6, 6.07) is 9.15. The first kappa shape index (κ1) is 17.8. The van der Waals surface area contributed by atoms with Crippen LogP contribution in [0.2, 0.25) is 0 Å². The summed E-state index contributed by atoms with van der Waals surface area (Å²) >= 11 is 0. The Morgan fingerprint density at radius 2 is 1.85 bits per heavy atom. The Kier molecular flexibility index (Phi) is 5.75. The predicted molar refractivity (Wildman–Crippen MR) is 102 cm³/mol. The number of fused-ring (bicyclic) bond motifs is 1. The van der Waals surface area contributed by atoms with E-state index in [0.717, 1.165) is 39.0 Å². The van der Waals surface area contributed by atoms with Crippen molar-refractivity contribution in [3.8, 4) is 0 Å². The maximum absolute atomic E-state index is 12.6. The molecule has 1 aromatic rings. The van der Waals surface area contributed by atoms with Crippen LogP contribution in [0.4, 0.5) is 4.79 Å². The van der Waals surface area contributed by atoms with Crippen molar-refractivity contribution in [2.45, 2.75) is 50.7 Å². The van der Waals surface area contributed by atoms with E-state index in [1.54, 1.807) is 0 Å². The van der Waals surface area contributed by atoms with Gasteiger partial charge in [-0.25, -0.2) is 4.79 Å². The molecule has 142 valence electrons. The smallest absolute Gasteiger partial charge is 0.317 e. The first-order valence-corrected chi connectivity index (χ1v) is 10.3. The van der Waals surface area contributed by atoms with Crippen molar-refractivity contribution in [1.29, 1.82) is 0 Å². The normalized spacial score (nSPS) is 24.9. The van der Waals surface area contributed by atoms with Gasteiger partial charge in [0.15, 0.2) is 0 Å². The van der Waals surface area contributed by atoms with Crippen LogP contribution in [0.1, 0.15) is 49.3 Å². The standard InChI is InChI=1S/C21H31N3O2/c25-21(22-16-20-19-7-3-2-6-17(19)10-15-26-20)24-13-8-18(9-14-24)23-11-4-1-5-12-23/h2-3,6-7,18,20H,1,4-5,8-16H2,(H,22,25). The van der Waals surface area contributed by atoms with Crippen LogP contribution in [0, 0.1) is 0 Å². The number of hydrogen-bond donors (Lipinski definition) is 1. The molecule has 1 unspecified atom stereocenters. The minimum absolute atomic E-state index is 0.0187. The number of nitrogens with one attached hydrogen (secondary N) is 1. The number of urea groups is 1. The van der Waals surface area contributed by atoms with Gasteiger partial charge in [0.1, 0.15) is 6.10 Å². The Labute approximate surface area is 156 Å². The number of ether oxygens (including phenoxy) is 1. The summed E-state index contributed by atoms with van der Waals surface area (Å²) in [6.45, 7) is 5.52. The Morgan fingerprint density at radius 3 is 2.65 bits per heavy atom. The van der Waals surface area contributed by atoms with E-state index in [1.165, 1.54) is 43.5 Å². The van der Waals surface area contributed by atoms with E-state index in [4.69, 9.17) is 4.74 Å². The van der Waals surface area contributed by atoms with Crippen LogP contribution in [0.5, 0.6) is 0 Å². The molecule has 0 bridgehead atoms. The Balaban J connectivity index is 1.25. The molecule has 0 radical (unpaired) electrons. The lowest BCUT2D eigenvalue weighted by Crippen LogP contribution is -2.51. The minimum atomic E-state index is -0.0187. The van der Waals surface area contributed by atoms with E-state index in [0.29, 0.717) is 12.6 Å². The second kappa shape index (κ2) is 8.40. The number of carbonyl (C=O) groups is 1. The summed E-state index contributed by atoms with van der Waals surface area (Å²) in [5, 5.41) is 3.11. The highest BCUT2D eigenvalue weighted by Crippen LogP contribution is 2.26. The molecule has 0 aromatic heterocycles. The van der Waals surface area contributed by atoms with Gasteiger partial charge in [0, 0.05) is 25.7 Å². The molecule has 1 aromatic carbocycles. The van der Waals surface area contributed by atoms with Gasteiger partial charge in [0.05, 0.1) is 6.61 Å². The van der Waals surface area contributed by atoms with Gasteiger partial charge < -0.3 is 19.9 Å². The van der Waals surface area contributed by atoms with Crippen molar-refractivity contribution in [2.75, 3.05) is 39.3 Å². The summed E-state index contributed by atoms with van der Waals surface area (Å²) in [5.74, 6) is 0. The van der Waals surface area contributed by atoms with Gasteiger partial charge in [-0.1, -0.05) is 30.7 Å². The van der Waals surface area contributed by atoms with Crippen molar-refractivity contribution >= 4 is 6.03 Å². The molecule has 1 atom stereocenters. The molecular weight excluding hydrogens is 326 g/mol. The number of nitrogens with zero attached hydrogens (tertiary/aromatic N) is 2. The molecule has 0 saturated carbocycles. The highest BCUT2D eigenvalue weighted by Gasteiger charge is 2.28. The molecule has 0 aliphatic carbocycles. The zero-order valence-electron chi connectivity index (χ0n) is 15.7. The topological polar surface area (TPSA) is 44.8 Å². The number of piperidine rings is 2. The summed E-state index contributed by atoms with van der Waals surface area (Å²) in [7, 11) is 0. The van der Waals surface area contributed by atoms with Crippen molar-refractivity contribution < 1.29 is 9.53 Å². The molecule has 1 N–H and O–H groups in total. The summed E-state index contributed by atoms with van der Waals surface area (Å²) in [4.78, 5) is 17.2. The first-order chi connectivity index (χ1) is 12.8. The minimum Gasteiger partial charge on any atom is -0.371 e. The molecule has 5 heteroatoms. The molecule has 3 aliphatic heterocycles. The van der Waals surface area contributed by atoms with Gasteiger partial charge in [0.25, 0.3) is 0 Å². The molecule has 3 heterocycles. The second-order valence-corrected chi connectivity index (χ2v) is 7.81. The SMILES string of the molecule is O=C(NCC1OCCc2ccccc21)N1CCC(N2CCCCC2)CC1. The van der Waals surface area contributed by atoms with Crippen molar-refractivity contribution in [2.24, 2.45) is 0 Å². The van der Waals surface area contributed by atoms with Crippen molar-refractivity contribution in [3.05, 3.63) is 35.4 Å². The van der Waals surface area contributed by atoms with E-state index in [9.17, 15) is 4.79 Å². The fourth-order valence-corrected chi connectivity index (χ4v) is 4.66. The Hall–Kier alpha value is -1.59. The molecule has 5 nitrogen and oxygen atoms in total. The Bertz CT molecular complexity index is 607. The van der Waals surface area contributed by atoms with Crippen LogP contribution in [-0.4, -0.2) is 61.2 Å². The van der Waals surface area contributed by atoms with E-state index in [2.05, 4.69) is 28.4 Å². The van der Waals surface area contributed by atoms with Gasteiger partial charge in [0.2, 0.25) is 0 Å². The maximum atomic E-state index is 12.6. The van der Waals surface area contributed by atoms with E-state index >= 15 is 0 Å². The van der Waals surface area contributed by atoms with Crippen LogP contribution in [0.15, 0.2) is 24.3 Å². The summed E-state index contributed by atoms with van der Waals surface area (Å²) < 4.78 is 5.90. The van der Waals surface area contributed by atoms with Crippen LogP contribution in [0.25, 0.3) is 0 Å². The number of hydrogen-bond acceptors (Lipinski definition) is 3. The molecule has 0 spiro atoms.